The van der Waals surface area contributed by atoms with E-state index in [9.17, 15) is 4.39 Å². The van der Waals surface area contributed by atoms with Crippen LogP contribution in [0, 0.1) is 12.7 Å². The van der Waals surface area contributed by atoms with E-state index in [0.717, 1.165) is 11.3 Å². The topological polar surface area (TPSA) is 12.9 Å². The van der Waals surface area contributed by atoms with Gasteiger partial charge in [-0.25, -0.2) is 4.39 Å². The minimum atomic E-state index is -0.657. The standard InChI is InChI=1S/C12H9Cl3FN/c1-3-6-5(2)17-8-4-7(13)12(16)11(15)9(8)10(6)14/h4H,3H2,1-2H3. The average molecular weight is 293 g/mol. The Morgan fingerprint density at radius 2 is 1.88 bits per heavy atom. The van der Waals surface area contributed by atoms with Gasteiger partial charge in [-0.1, -0.05) is 41.7 Å². The zero-order chi connectivity index (χ0) is 12.7. The van der Waals surface area contributed by atoms with Gasteiger partial charge in [0.15, 0.2) is 5.82 Å². The lowest BCUT2D eigenvalue weighted by Gasteiger charge is -2.11. The Hall–Kier alpha value is -0.570. The van der Waals surface area contributed by atoms with Gasteiger partial charge in [0.25, 0.3) is 0 Å². The third kappa shape index (κ3) is 1.99. The number of fused-ring (bicyclic) bond motifs is 1. The number of rotatable bonds is 1. The minimum Gasteiger partial charge on any atom is -0.253 e. The highest BCUT2D eigenvalue weighted by Gasteiger charge is 2.17. The van der Waals surface area contributed by atoms with Crippen LogP contribution in [-0.4, -0.2) is 4.98 Å². The Balaban J connectivity index is 2.98. The summed E-state index contributed by atoms with van der Waals surface area (Å²) in [6.07, 6.45) is 0.716. The number of aryl methyl sites for hydroxylation is 1. The normalized spacial score (nSPS) is 11.2. The molecular formula is C12H9Cl3FN. The first-order valence-corrected chi connectivity index (χ1v) is 6.23. The van der Waals surface area contributed by atoms with E-state index in [-0.39, 0.29) is 10.0 Å². The van der Waals surface area contributed by atoms with Crippen LogP contribution >= 0.6 is 34.8 Å². The molecular weight excluding hydrogens is 283 g/mol. The summed E-state index contributed by atoms with van der Waals surface area (Å²) in [6, 6.07) is 1.44. The molecule has 0 aliphatic carbocycles. The predicted molar refractivity (Wildman–Crippen MR) is 70.8 cm³/mol. The van der Waals surface area contributed by atoms with Crippen LogP contribution in [0.5, 0.6) is 0 Å². The Morgan fingerprint density at radius 3 is 2.47 bits per heavy atom. The number of hydrogen-bond acceptors (Lipinski definition) is 1. The van der Waals surface area contributed by atoms with Gasteiger partial charge in [0.05, 0.1) is 20.6 Å². The van der Waals surface area contributed by atoms with Crippen LogP contribution in [0.2, 0.25) is 15.1 Å². The van der Waals surface area contributed by atoms with E-state index in [2.05, 4.69) is 4.98 Å². The Bertz CT molecular complexity index is 611. The maximum Gasteiger partial charge on any atom is 0.161 e. The van der Waals surface area contributed by atoms with E-state index in [1.165, 1.54) is 6.07 Å². The van der Waals surface area contributed by atoms with Gasteiger partial charge in [-0.05, 0) is 25.0 Å². The molecule has 1 nitrogen and oxygen atoms in total. The number of hydrogen-bond donors (Lipinski definition) is 0. The third-order valence-corrected chi connectivity index (χ3v) is 3.75. The molecule has 0 spiro atoms. The van der Waals surface area contributed by atoms with E-state index < -0.39 is 5.82 Å². The smallest absolute Gasteiger partial charge is 0.161 e. The summed E-state index contributed by atoms with van der Waals surface area (Å²) in [5.41, 5.74) is 2.20. The molecule has 0 N–H and O–H groups in total. The molecule has 0 unspecified atom stereocenters. The van der Waals surface area contributed by atoms with Crippen LogP contribution in [0.15, 0.2) is 6.07 Å². The van der Waals surface area contributed by atoms with Crippen LogP contribution in [0.4, 0.5) is 4.39 Å². The largest absolute Gasteiger partial charge is 0.253 e. The second kappa shape index (κ2) is 4.60. The first-order valence-electron chi connectivity index (χ1n) is 5.09. The summed E-state index contributed by atoms with van der Waals surface area (Å²) in [6.45, 7) is 3.82. The molecule has 90 valence electrons. The molecule has 1 aromatic carbocycles. The third-order valence-electron chi connectivity index (χ3n) is 2.70. The molecule has 0 saturated carbocycles. The SMILES string of the molecule is CCc1c(C)nc2cc(Cl)c(F)c(Cl)c2c1Cl. The zero-order valence-electron chi connectivity index (χ0n) is 9.24. The summed E-state index contributed by atoms with van der Waals surface area (Å²) in [5, 5.41) is 0.766. The van der Waals surface area contributed by atoms with Crippen molar-refractivity contribution in [1.82, 2.24) is 4.98 Å². The molecule has 0 saturated heterocycles. The molecule has 0 fully saturated rings. The number of aromatic nitrogens is 1. The molecule has 0 atom stereocenters. The van der Waals surface area contributed by atoms with Crippen LogP contribution in [0.25, 0.3) is 10.9 Å². The minimum absolute atomic E-state index is 0.0466. The fraction of sp³-hybridized carbons (Fsp3) is 0.250. The molecule has 2 rings (SSSR count). The molecule has 17 heavy (non-hydrogen) atoms. The second-order valence-electron chi connectivity index (χ2n) is 3.72. The van der Waals surface area contributed by atoms with E-state index in [0.29, 0.717) is 22.3 Å². The van der Waals surface area contributed by atoms with Gasteiger partial charge in [0.2, 0.25) is 0 Å². The van der Waals surface area contributed by atoms with Gasteiger partial charge >= 0.3 is 0 Å². The van der Waals surface area contributed by atoms with Crippen molar-refractivity contribution in [2.45, 2.75) is 20.3 Å². The van der Waals surface area contributed by atoms with Gasteiger partial charge in [0, 0.05) is 11.1 Å². The quantitative estimate of drug-likeness (QED) is 0.658. The number of nitrogens with zero attached hydrogens (tertiary/aromatic N) is 1. The molecule has 2 aromatic rings. The molecule has 1 heterocycles. The van der Waals surface area contributed by atoms with Gasteiger partial charge < -0.3 is 0 Å². The van der Waals surface area contributed by atoms with Crippen molar-refractivity contribution in [3.63, 3.8) is 0 Å². The second-order valence-corrected chi connectivity index (χ2v) is 4.89. The van der Waals surface area contributed by atoms with Crippen molar-refractivity contribution in [1.29, 1.82) is 0 Å². The molecule has 0 radical (unpaired) electrons. The first-order chi connectivity index (χ1) is 7.97. The average Bonchev–Trinajstić information content (AvgIpc) is 2.26. The van der Waals surface area contributed by atoms with Gasteiger partial charge in [-0.3, -0.25) is 4.98 Å². The highest BCUT2D eigenvalue weighted by Crippen LogP contribution is 2.37. The Morgan fingerprint density at radius 1 is 1.24 bits per heavy atom. The van der Waals surface area contributed by atoms with Gasteiger partial charge in [0.1, 0.15) is 0 Å². The summed E-state index contributed by atoms with van der Waals surface area (Å²) in [4.78, 5) is 4.35. The van der Waals surface area contributed by atoms with Crippen molar-refractivity contribution in [2.24, 2.45) is 0 Å². The summed E-state index contributed by atoms with van der Waals surface area (Å²) in [5.74, 6) is -0.657. The van der Waals surface area contributed by atoms with Crippen LogP contribution in [-0.2, 0) is 6.42 Å². The highest BCUT2D eigenvalue weighted by atomic mass is 35.5. The lowest BCUT2D eigenvalue weighted by molar-refractivity contribution is 0.630. The first kappa shape index (κ1) is 12.9. The number of halogens is 4. The lowest BCUT2D eigenvalue weighted by Crippen LogP contribution is -1.96. The van der Waals surface area contributed by atoms with Crippen molar-refractivity contribution >= 4 is 45.7 Å². The van der Waals surface area contributed by atoms with E-state index >= 15 is 0 Å². The van der Waals surface area contributed by atoms with Crippen LogP contribution in [0.3, 0.4) is 0 Å². The Kier molecular flexibility index (Phi) is 3.48. The van der Waals surface area contributed by atoms with E-state index in [1.54, 1.807) is 0 Å². The predicted octanol–water partition coefficient (Wildman–Crippen LogP) is 5.20. The fourth-order valence-electron chi connectivity index (χ4n) is 1.85. The molecule has 0 aliphatic heterocycles. The molecule has 0 bridgehead atoms. The van der Waals surface area contributed by atoms with E-state index in [4.69, 9.17) is 34.8 Å². The van der Waals surface area contributed by atoms with Crippen LogP contribution < -0.4 is 0 Å². The highest BCUT2D eigenvalue weighted by molar-refractivity contribution is 6.44. The fourth-order valence-corrected chi connectivity index (χ4v) is 2.90. The number of pyridine rings is 1. The summed E-state index contributed by atoms with van der Waals surface area (Å²) < 4.78 is 13.6. The van der Waals surface area contributed by atoms with Crippen molar-refractivity contribution < 1.29 is 4.39 Å². The zero-order valence-corrected chi connectivity index (χ0v) is 11.5. The van der Waals surface area contributed by atoms with Crippen LogP contribution in [0.1, 0.15) is 18.2 Å². The van der Waals surface area contributed by atoms with Crippen molar-refractivity contribution in [2.75, 3.05) is 0 Å². The molecule has 1 aromatic heterocycles. The maximum absolute atomic E-state index is 13.6. The summed E-state index contributed by atoms with van der Waals surface area (Å²) >= 11 is 17.9. The molecule has 0 aliphatic rings. The molecule has 5 heteroatoms. The van der Waals surface area contributed by atoms with Gasteiger partial charge in [-0.2, -0.15) is 0 Å². The van der Waals surface area contributed by atoms with Crippen molar-refractivity contribution in [3.8, 4) is 0 Å². The van der Waals surface area contributed by atoms with Gasteiger partial charge in [-0.15, -0.1) is 0 Å². The van der Waals surface area contributed by atoms with E-state index in [1.807, 2.05) is 13.8 Å². The van der Waals surface area contributed by atoms with Crippen molar-refractivity contribution in [3.05, 3.63) is 38.2 Å². The lowest BCUT2D eigenvalue weighted by atomic mass is 10.1. The Labute approximate surface area is 114 Å². The summed E-state index contributed by atoms with van der Waals surface area (Å²) in [7, 11) is 0. The monoisotopic (exact) mass is 291 g/mol. The number of benzene rings is 1. The molecule has 0 amide bonds. The maximum atomic E-state index is 13.6.